The summed E-state index contributed by atoms with van der Waals surface area (Å²) in [4.78, 5) is 47.4. The number of carbonyl (C=O) groups is 3. The molecule has 9 nitrogen and oxygen atoms in total. The zero-order chi connectivity index (χ0) is 32.9. The van der Waals surface area contributed by atoms with Crippen LogP contribution in [0.25, 0.3) is 0 Å². The zero-order valence-corrected chi connectivity index (χ0v) is 29.6. The van der Waals surface area contributed by atoms with Gasteiger partial charge in [0.2, 0.25) is 11.8 Å². The van der Waals surface area contributed by atoms with Crippen LogP contribution in [0, 0.1) is 3.57 Å². The first-order valence-electron chi connectivity index (χ1n) is 16.0. The van der Waals surface area contributed by atoms with E-state index in [1.807, 2.05) is 52.3 Å². The normalized spacial score (nSPS) is 25.0. The first-order valence-corrected chi connectivity index (χ1v) is 17.8. The van der Waals surface area contributed by atoms with Gasteiger partial charge in [-0.2, -0.15) is 0 Å². The molecule has 47 heavy (non-hydrogen) atoms. The third-order valence-corrected chi connectivity index (χ3v) is 11.2. The van der Waals surface area contributed by atoms with Crippen molar-refractivity contribution in [2.75, 3.05) is 51.6 Å². The standard InChI is InChI=1S/C35H36Cl2IN5O4/c1-41-13-15-43(16-14-41)34(46)42-11-9-25(10-12-42)47-30-8-6-24(38)19-26(30)32-35(27-7-5-23(37)18-29(27)39-33(35)45)28(20-31(44)40-32)21-3-2-4-22(36)17-21/h2-8,17-19,25,28,32H,9-16,20H2,1H3,(H,39,45)(H,40,44)/t28-,32+,35-/m0/s1. The number of benzene rings is 3. The molecule has 3 aromatic carbocycles. The van der Waals surface area contributed by atoms with Crippen molar-refractivity contribution < 1.29 is 19.1 Å². The minimum absolute atomic E-state index is 0.0939. The minimum Gasteiger partial charge on any atom is -0.490 e. The lowest BCUT2D eigenvalue weighted by Gasteiger charge is -2.47. The molecule has 3 saturated heterocycles. The average Bonchev–Trinajstić information content (AvgIpc) is 3.33. The Morgan fingerprint density at radius 3 is 2.38 bits per heavy atom. The fraction of sp³-hybridized carbons (Fsp3) is 0.400. The Morgan fingerprint density at radius 2 is 1.64 bits per heavy atom. The monoisotopic (exact) mass is 787 g/mol. The molecule has 0 bridgehead atoms. The SMILES string of the molecule is CN1CCN(C(=O)N2CCC(Oc3ccc(I)cc3[C@H]3NC(=O)C[C@@H](c4cccc(Cl)c4)[C@]34C(=O)Nc3cc(Cl)ccc34)CC2)CC1. The first kappa shape index (κ1) is 32.5. The second kappa shape index (κ2) is 13.1. The molecule has 4 aliphatic rings. The molecule has 246 valence electrons. The number of rotatable bonds is 4. The fourth-order valence-corrected chi connectivity index (χ4v) is 8.55. The predicted octanol–water partition coefficient (Wildman–Crippen LogP) is 6.04. The third-order valence-electron chi connectivity index (χ3n) is 10.1. The highest BCUT2D eigenvalue weighted by Gasteiger charge is 2.61. The van der Waals surface area contributed by atoms with E-state index in [4.69, 9.17) is 27.9 Å². The van der Waals surface area contributed by atoms with Gasteiger partial charge in [0, 0.05) is 89.3 Å². The summed E-state index contributed by atoms with van der Waals surface area (Å²) in [6.07, 6.45) is 1.33. The highest BCUT2D eigenvalue weighted by atomic mass is 127. The number of hydrogen-bond acceptors (Lipinski definition) is 5. The Labute approximate surface area is 298 Å². The summed E-state index contributed by atoms with van der Waals surface area (Å²) in [5.74, 6) is -0.288. The maximum absolute atomic E-state index is 14.5. The number of hydrogen-bond donors (Lipinski definition) is 2. The molecule has 4 heterocycles. The number of nitrogens with one attached hydrogen (secondary N) is 2. The predicted molar refractivity (Wildman–Crippen MR) is 190 cm³/mol. The number of likely N-dealkylation sites (N-methyl/N-ethyl adjacent to an activating group) is 1. The van der Waals surface area contributed by atoms with Crippen molar-refractivity contribution in [1.29, 1.82) is 0 Å². The molecule has 3 atom stereocenters. The third kappa shape index (κ3) is 6.06. The van der Waals surface area contributed by atoms with Crippen LogP contribution >= 0.6 is 45.8 Å². The quantitative estimate of drug-likeness (QED) is 0.315. The Kier molecular flexibility index (Phi) is 9.05. The lowest BCUT2D eigenvalue weighted by molar-refractivity contribution is -0.131. The lowest BCUT2D eigenvalue weighted by Crippen LogP contribution is -2.57. The Morgan fingerprint density at radius 1 is 0.915 bits per heavy atom. The first-order chi connectivity index (χ1) is 22.6. The van der Waals surface area contributed by atoms with E-state index in [1.54, 1.807) is 18.2 Å². The van der Waals surface area contributed by atoms with Gasteiger partial charge in [0.15, 0.2) is 0 Å². The van der Waals surface area contributed by atoms with Gasteiger partial charge >= 0.3 is 6.03 Å². The summed E-state index contributed by atoms with van der Waals surface area (Å²) in [6, 6.07) is 18.1. The van der Waals surface area contributed by atoms with Gasteiger partial charge < -0.3 is 30.1 Å². The van der Waals surface area contributed by atoms with Crippen LogP contribution in [0.3, 0.4) is 0 Å². The maximum Gasteiger partial charge on any atom is 0.320 e. The smallest absolute Gasteiger partial charge is 0.320 e. The molecular weight excluding hydrogens is 752 g/mol. The van der Waals surface area contributed by atoms with E-state index < -0.39 is 17.4 Å². The molecule has 1 spiro atoms. The van der Waals surface area contributed by atoms with E-state index in [0.29, 0.717) is 47.4 Å². The molecule has 0 aromatic heterocycles. The maximum atomic E-state index is 14.5. The number of halogens is 3. The average molecular weight is 789 g/mol. The molecule has 12 heteroatoms. The molecule has 3 aromatic rings. The zero-order valence-electron chi connectivity index (χ0n) is 26.0. The van der Waals surface area contributed by atoms with Crippen LogP contribution in [0.4, 0.5) is 10.5 Å². The number of likely N-dealkylation sites (tertiary alicyclic amines) is 1. The topological polar surface area (TPSA) is 94.2 Å². The number of nitrogens with zero attached hydrogens (tertiary/aromatic N) is 3. The van der Waals surface area contributed by atoms with Crippen molar-refractivity contribution in [1.82, 2.24) is 20.0 Å². The summed E-state index contributed by atoms with van der Waals surface area (Å²) < 4.78 is 7.68. The van der Waals surface area contributed by atoms with Gasteiger partial charge in [-0.25, -0.2) is 4.79 Å². The fourth-order valence-electron chi connectivity index (χ4n) is 7.66. The highest BCUT2D eigenvalue weighted by molar-refractivity contribution is 14.1. The van der Waals surface area contributed by atoms with Crippen LogP contribution < -0.4 is 15.4 Å². The van der Waals surface area contributed by atoms with Crippen LogP contribution in [-0.2, 0) is 15.0 Å². The Hall–Kier alpha value is -3.06. The molecular formula is C35H36Cl2IN5O4. The van der Waals surface area contributed by atoms with Gasteiger partial charge in [-0.1, -0.05) is 41.4 Å². The number of urea groups is 1. The number of carbonyl (C=O) groups excluding carboxylic acids is 3. The molecule has 0 aliphatic carbocycles. The molecule has 4 amide bonds. The van der Waals surface area contributed by atoms with Crippen molar-refractivity contribution in [3.8, 4) is 5.75 Å². The van der Waals surface area contributed by atoms with Gasteiger partial charge in [-0.3, -0.25) is 9.59 Å². The van der Waals surface area contributed by atoms with Gasteiger partial charge in [-0.05, 0) is 83.2 Å². The number of piperazine rings is 1. The summed E-state index contributed by atoms with van der Waals surface area (Å²) in [6.45, 7) is 4.46. The van der Waals surface area contributed by atoms with E-state index in [-0.39, 0.29) is 30.4 Å². The van der Waals surface area contributed by atoms with E-state index >= 15 is 0 Å². The van der Waals surface area contributed by atoms with Gasteiger partial charge in [0.25, 0.3) is 0 Å². The van der Waals surface area contributed by atoms with E-state index in [2.05, 4.69) is 45.2 Å². The largest absolute Gasteiger partial charge is 0.490 e. The number of amides is 4. The summed E-state index contributed by atoms with van der Waals surface area (Å²) >= 11 is 15.1. The van der Waals surface area contributed by atoms with Crippen LogP contribution in [0.1, 0.15) is 47.9 Å². The highest BCUT2D eigenvalue weighted by Crippen LogP contribution is 2.58. The van der Waals surface area contributed by atoms with E-state index in [9.17, 15) is 14.4 Å². The van der Waals surface area contributed by atoms with Gasteiger partial charge in [-0.15, -0.1) is 0 Å². The second-order valence-corrected chi connectivity index (χ2v) is 15.0. The second-order valence-electron chi connectivity index (χ2n) is 12.9. The number of piperidine rings is 2. The van der Waals surface area contributed by atoms with Crippen LogP contribution in [-0.4, -0.2) is 85.0 Å². The summed E-state index contributed by atoms with van der Waals surface area (Å²) in [5.41, 5.74) is 1.72. The Balaban J connectivity index is 1.23. The van der Waals surface area contributed by atoms with Crippen molar-refractivity contribution in [3.63, 3.8) is 0 Å². The van der Waals surface area contributed by atoms with Crippen LogP contribution in [0.15, 0.2) is 60.7 Å². The molecule has 4 aliphatic heterocycles. The van der Waals surface area contributed by atoms with E-state index in [1.165, 1.54) is 0 Å². The molecule has 0 unspecified atom stereocenters. The van der Waals surface area contributed by atoms with Crippen molar-refractivity contribution in [3.05, 3.63) is 91.0 Å². The molecule has 7 rings (SSSR count). The summed E-state index contributed by atoms with van der Waals surface area (Å²) in [5, 5.41) is 7.35. The lowest BCUT2D eigenvalue weighted by atomic mass is 9.59. The number of fused-ring (bicyclic) bond motifs is 2. The molecule has 0 radical (unpaired) electrons. The van der Waals surface area contributed by atoms with E-state index in [0.717, 1.165) is 46.4 Å². The van der Waals surface area contributed by atoms with Crippen LogP contribution in [0.5, 0.6) is 5.75 Å². The van der Waals surface area contributed by atoms with Crippen molar-refractivity contribution in [2.45, 2.75) is 42.7 Å². The van der Waals surface area contributed by atoms with Crippen molar-refractivity contribution >= 4 is 69.3 Å². The number of anilines is 1. The van der Waals surface area contributed by atoms with Gasteiger partial charge in [0.1, 0.15) is 17.3 Å². The summed E-state index contributed by atoms with van der Waals surface area (Å²) in [7, 11) is 2.08. The van der Waals surface area contributed by atoms with Gasteiger partial charge in [0.05, 0.1) is 6.04 Å². The number of ether oxygens (including phenoxy) is 1. The van der Waals surface area contributed by atoms with Crippen LogP contribution in [0.2, 0.25) is 10.0 Å². The minimum atomic E-state index is -1.21. The molecule has 2 N–H and O–H groups in total. The van der Waals surface area contributed by atoms with Crippen molar-refractivity contribution in [2.24, 2.45) is 0 Å². The molecule has 0 saturated carbocycles. The Bertz CT molecular complexity index is 1730. The molecule has 3 fully saturated rings.